The number of ether oxygens (including phenoxy) is 2. The van der Waals surface area contributed by atoms with E-state index in [9.17, 15) is 4.79 Å². The molecular weight excluding hydrogens is 230 g/mol. The first-order chi connectivity index (χ1) is 8.67. The average molecular weight is 247 g/mol. The zero-order valence-corrected chi connectivity index (χ0v) is 10.7. The quantitative estimate of drug-likeness (QED) is 0.572. The van der Waals surface area contributed by atoms with Crippen molar-refractivity contribution in [1.82, 2.24) is 0 Å². The molecule has 0 aliphatic rings. The minimum absolute atomic E-state index is 0.126. The van der Waals surface area contributed by atoms with Gasteiger partial charge in [0.05, 0.1) is 18.2 Å². The van der Waals surface area contributed by atoms with E-state index in [0.717, 1.165) is 18.4 Å². The van der Waals surface area contributed by atoms with Crippen LogP contribution in [0.25, 0.3) is 0 Å². The number of benzene rings is 1. The number of carbonyl (C=O) groups is 1. The van der Waals surface area contributed by atoms with Crippen LogP contribution in [0, 0.1) is 18.3 Å². The third kappa shape index (κ3) is 4.46. The smallest absolute Gasteiger partial charge is 0.344 e. The molecule has 0 saturated carbocycles. The van der Waals surface area contributed by atoms with Crippen LogP contribution >= 0.6 is 0 Å². The molecule has 0 heterocycles. The molecular formula is C14H17NO3. The maximum Gasteiger partial charge on any atom is 0.344 e. The molecule has 0 aliphatic carbocycles. The number of aryl methyl sites for hydroxylation is 1. The van der Waals surface area contributed by atoms with Gasteiger partial charge in [0.1, 0.15) is 5.75 Å². The van der Waals surface area contributed by atoms with Crippen LogP contribution in [-0.2, 0) is 9.53 Å². The predicted octanol–water partition coefficient (Wildman–Crippen LogP) is 2.59. The normalized spacial score (nSPS) is 9.61. The SMILES string of the molecule is CCCCOC(=O)COc1cc(C#N)ccc1C. The molecule has 0 radical (unpaired) electrons. The third-order valence-corrected chi connectivity index (χ3v) is 2.42. The summed E-state index contributed by atoms with van der Waals surface area (Å²) in [6.45, 7) is 4.19. The second kappa shape index (κ2) is 7.33. The molecule has 1 aromatic carbocycles. The number of hydrogen-bond acceptors (Lipinski definition) is 4. The third-order valence-electron chi connectivity index (χ3n) is 2.42. The van der Waals surface area contributed by atoms with E-state index < -0.39 is 0 Å². The maximum absolute atomic E-state index is 11.3. The first-order valence-electron chi connectivity index (χ1n) is 5.96. The van der Waals surface area contributed by atoms with Crippen molar-refractivity contribution in [3.63, 3.8) is 0 Å². The van der Waals surface area contributed by atoms with Crippen molar-refractivity contribution in [3.8, 4) is 11.8 Å². The highest BCUT2D eigenvalue weighted by atomic mass is 16.6. The Morgan fingerprint density at radius 1 is 1.44 bits per heavy atom. The van der Waals surface area contributed by atoms with Gasteiger partial charge in [-0.3, -0.25) is 0 Å². The Morgan fingerprint density at radius 3 is 2.89 bits per heavy atom. The molecule has 0 spiro atoms. The van der Waals surface area contributed by atoms with Gasteiger partial charge in [0, 0.05) is 0 Å². The standard InChI is InChI=1S/C14H17NO3/c1-3-4-7-17-14(16)10-18-13-8-12(9-15)6-5-11(13)2/h5-6,8H,3-4,7,10H2,1-2H3. The molecule has 4 heteroatoms. The maximum atomic E-state index is 11.3. The van der Waals surface area contributed by atoms with E-state index in [4.69, 9.17) is 14.7 Å². The van der Waals surface area contributed by atoms with Crippen LogP contribution in [0.4, 0.5) is 0 Å². The first kappa shape index (κ1) is 14.0. The van der Waals surface area contributed by atoms with Gasteiger partial charge in [0.25, 0.3) is 0 Å². The number of nitrogens with zero attached hydrogens (tertiary/aromatic N) is 1. The molecule has 0 bridgehead atoms. The topological polar surface area (TPSA) is 59.3 Å². The van der Waals surface area contributed by atoms with Crippen molar-refractivity contribution in [2.45, 2.75) is 26.7 Å². The molecule has 0 aliphatic heterocycles. The van der Waals surface area contributed by atoms with E-state index in [0.29, 0.717) is 17.9 Å². The van der Waals surface area contributed by atoms with E-state index in [1.165, 1.54) is 0 Å². The molecule has 4 nitrogen and oxygen atoms in total. The van der Waals surface area contributed by atoms with Crippen LogP contribution in [0.1, 0.15) is 30.9 Å². The summed E-state index contributed by atoms with van der Waals surface area (Å²) in [5.74, 6) is 0.159. The number of unbranched alkanes of at least 4 members (excludes halogenated alkanes) is 1. The van der Waals surface area contributed by atoms with Crippen LogP contribution in [0.15, 0.2) is 18.2 Å². The van der Waals surface area contributed by atoms with E-state index in [1.807, 2.05) is 19.9 Å². The minimum atomic E-state index is -0.384. The minimum Gasteiger partial charge on any atom is -0.482 e. The Balaban J connectivity index is 2.48. The molecule has 18 heavy (non-hydrogen) atoms. The Labute approximate surface area is 107 Å². The first-order valence-corrected chi connectivity index (χ1v) is 5.96. The summed E-state index contributed by atoms with van der Waals surface area (Å²) in [6.07, 6.45) is 1.84. The zero-order valence-electron chi connectivity index (χ0n) is 10.7. The summed E-state index contributed by atoms with van der Waals surface area (Å²) < 4.78 is 10.3. The van der Waals surface area contributed by atoms with E-state index in [1.54, 1.807) is 18.2 Å². The van der Waals surface area contributed by atoms with E-state index in [-0.39, 0.29) is 12.6 Å². The lowest BCUT2D eigenvalue weighted by Crippen LogP contribution is -2.15. The fraction of sp³-hybridized carbons (Fsp3) is 0.429. The Bertz CT molecular complexity index is 449. The van der Waals surface area contributed by atoms with Crippen molar-refractivity contribution in [2.75, 3.05) is 13.2 Å². The Morgan fingerprint density at radius 2 is 2.22 bits per heavy atom. The molecule has 1 rings (SSSR count). The highest BCUT2D eigenvalue weighted by Gasteiger charge is 2.06. The Hall–Kier alpha value is -2.02. The summed E-state index contributed by atoms with van der Waals surface area (Å²) in [5.41, 5.74) is 1.39. The fourth-order valence-electron chi connectivity index (χ4n) is 1.33. The van der Waals surface area contributed by atoms with Crippen LogP contribution in [0.2, 0.25) is 0 Å². The van der Waals surface area contributed by atoms with Crippen LogP contribution in [0.5, 0.6) is 5.75 Å². The molecule has 0 unspecified atom stereocenters. The van der Waals surface area contributed by atoms with Crippen LogP contribution in [0.3, 0.4) is 0 Å². The molecule has 0 fully saturated rings. The number of nitriles is 1. The fourth-order valence-corrected chi connectivity index (χ4v) is 1.33. The number of esters is 1. The van der Waals surface area contributed by atoms with Crippen molar-refractivity contribution in [1.29, 1.82) is 5.26 Å². The molecule has 96 valence electrons. The molecule has 0 atom stereocenters. The summed E-state index contributed by atoms with van der Waals surface area (Å²) >= 11 is 0. The van der Waals surface area contributed by atoms with Crippen molar-refractivity contribution in [2.24, 2.45) is 0 Å². The van der Waals surface area contributed by atoms with Gasteiger partial charge in [0.2, 0.25) is 0 Å². The Kier molecular flexibility index (Phi) is 5.72. The lowest BCUT2D eigenvalue weighted by atomic mass is 10.1. The molecule has 0 aromatic heterocycles. The average Bonchev–Trinajstić information content (AvgIpc) is 2.38. The highest BCUT2D eigenvalue weighted by Crippen LogP contribution is 2.19. The van der Waals surface area contributed by atoms with Gasteiger partial charge in [-0.1, -0.05) is 19.4 Å². The lowest BCUT2D eigenvalue weighted by Gasteiger charge is -2.09. The zero-order chi connectivity index (χ0) is 13.4. The van der Waals surface area contributed by atoms with Gasteiger partial charge in [-0.2, -0.15) is 5.26 Å². The summed E-state index contributed by atoms with van der Waals surface area (Å²) in [6, 6.07) is 7.15. The van der Waals surface area contributed by atoms with Gasteiger partial charge < -0.3 is 9.47 Å². The molecule has 0 saturated heterocycles. The number of carbonyl (C=O) groups excluding carboxylic acids is 1. The largest absolute Gasteiger partial charge is 0.482 e. The van der Waals surface area contributed by atoms with Crippen LogP contribution in [-0.4, -0.2) is 19.2 Å². The second-order valence-corrected chi connectivity index (χ2v) is 3.95. The number of hydrogen-bond donors (Lipinski definition) is 0. The van der Waals surface area contributed by atoms with Gasteiger partial charge in [-0.05, 0) is 31.0 Å². The van der Waals surface area contributed by atoms with Crippen molar-refractivity contribution in [3.05, 3.63) is 29.3 Å². The van der Waals surface area contributed by atoms with Gasteiger partial charge in [-0.15, -0.1) is 0 Å². The van der Waals surface area contributed by atoms with Crippen LogP contribution < -0.4 is 4.74 Å². The number of rotatable bonds is 6. The molecule has 0 N–H and O–H groups in total. The predicted molar refractivity (Wildman–Crippen MR) is 67.3 cm³/mol. The van der Waals surface area contributed by atoms with Gasteiger partial charge >= 0.3 is 5.97 Å². The second-order valence-electron chi connectivity index (χ2n) is 3.95. The summed E-state index contributed by atoms with van der Waals surface area (Å²) in [5, 5.41) is 8.78. The summed E-state index contributed by atoms with van der Waals surface area (Å²) in [7, 11) is 0. The van der Waals surface area contributed by atoms with E-state index in [2.05, 4.69) is 0 Å². The van der Waals surface area contributed by atoms with E-state index >= 15 is 0 Å². The highest BCUT2D eigenvalue weighted by molar-refractivity contribution is 5.71. The van der Waals surface area contributed by atoms with Gasteiger partial charge in [-0.25, -0.2) is 4.79 Å². The molecule has 1 aromatic rings. The molecule has 0 amide bonds. The lowest BCUT2D eigenvalue weighted by molar-refractivity contribution is -0.146. The van der Waals surface area contributed by atoms with Crippen molar-refractivity contribution < 1.29 is 14.3 Å². The van der Waals surface area contributed by atoms with Crippen molar-refractivity contribution >= 4 is 5.97 Å². The van der Waals surface area contributed by atoms with Gasteiger partial charge in [0.15, 0.2) is 6.61 Å². The monoisotopic (exact) mass is 247 g/mol. The summed E-state index contributed by atoms with van der Waals surface area (Å²) in [4.78, 5) is 11.3.